The van der Waals surface area contributed by atoms with E-state index in [1.165, 1.54) is 0 Å². The lowest BCUT2D eigenvalue weighted by molar-refractivity contribution is 0.103. The third-order valence-corrected chi connectivity index (χ3v) is 3.83. The zero-order valence-electron chi connectivity index (χ0n) is 7.55. The van der Waals surface area contributed by atoms with E-state index in [1.807, 2.05) is 0 Å². The second-order valence-electron chi connectivity index (χ2n) is 2.61. The molecule has 4 nitrogen and oxygen atoms in total. The predicted molar refractivity (Wildman–Crippen MR) is 65.1 cm³/mol. The van der Waals surface area contributed by atoms with Gasteiger partial charge in [-0.3, -0.25) is 19.2 Å². The SMILES string of the molecule is O=C(Cl)c1sc(C(=O)Cl)c(C(=O)Cl)c1C(=O)Cl. The maximum Gasteiger partial charge on any atom is 0.263 e. The molecule has 0 bridgehead atoms. The molecule has 0 saturated carbocycles. The summed E-state index contributed by atoms with van der Waals surface area (Å²) in [4.78, 5) is 43.6. The molecule has 0 N–H and O–H groups in total. The Balaban J connectivity index is 3.73. The van der Waals surface area contributed by atoms with Crippen LogP contribution in [0.5, 0.6) is 0 Å². The molecule has 0 amide bonds. The van der Waals surface area contributed by atoms with Gasteiger partial charge in [0.1, 0.15) is 9.75 Å². The van der Waals surface area contributed by atoms with Gasteiger partial charge in [-0.2, -0.15) is 0 Å². The van der Waals surface area contributed by atoms with E-state index in [1.54, 1.807) is 0 Å². The number of thiophene rings is 1. The van der Waals surface area contributed by atoms with Crippen LogP contribution in [0.15, 0.2) is 0 Å². The first kappa shape index (κ1) is 14.6. The van der Waals surface area contributed by atoms with Crippen LogP contribution in [-0.2, 0) is 0 Å². The topological polar surface area (TPSA) is 68.3 Å². The lowest BCUT2D eigenvalue weighted by atomic mass is 10.1. The highest BCUT2D eigenvalue weighted by atomic mass is 35.5. The number of carbonyl (C=O) groups is 4. The van der Waals surface area contributed by atoms with Crippen molar-refractivity contribution in [2.45, 2.75) is 0 Å². The summed E-state index contributed by atoms with van der Waals surface area (Å²) in [5.74, 6) is 0. The summed E-state index contributed by atoms with van der Waals surface area (Å²) in [5.41, 5.74) is -0.999. The van der Waals surface area contributed by atoms with Gasteiger partial charge >= 0.3 is 0 Å². The van der Waals surface area contributed by atoms with Crippen LogP contribution in [0.25, 0.3) is 0 Å². The fourth-order valence-electron chi connectivity index (χ4n) is 1.08. The first-order valence-corrected chi connectivity index (χ1v) is 6.06. The van der Waals surface area contributed by atoms with Gasteiger partial charge in [-0.05, 0) is 46.4 Å². The molecule has 0 unspecified atom stereocenters. The fraction of sp³-hybridized carbons (Fsp3) is 0. The van der Waals surface area contributed by atoms with Gasteiger partial charge in [-0.25, -0.2) is 0 Å². The van der Waals surface area contributed by atoms with E-state index in [0.717, 1.165) is 0 Å². The van der Waals surface area contributed by atoms with Gasteiger partial charge in [0.2, 0.25) is 0 Å². The van der Waals surface area contributed by atoms with Gasteiger partial charge < -0.3 is 0 Å². The quantitative estimate of drug-likeness (QED) is 0.793. The maximum atomic E-state index is 11.1. The summed E-state index contributed by atoms with van der Waals surface area (Å²) < 4.78 is 0. The van der Waals surface area contributed by atoms with Crippen LogP contribution in [0.1, 0.15) is 40.1 Å². The Morgan fingerprint density at radius 3 is 1.12 bits per heavy atom. The molecule has 0 atom stereocenters. The minimum atomic E-state index is -1.13. The number of hydrogen-bond donors (Lipinski definition) is 0. The Morgan fingerprint density at radius 2 is 0.941 bits per heavy atom. The molecule has 9 heteroatoms. The molecule has 0 saturated heterocycles. The van der Waals surface area contributed by atoms with Crippen molar-refractivity contribution in [1.29, 1.82) is 0 Å². The van der Waals surface area contributed by atoms with Gasteiger partial charge in [0.15, 0.2) is 0 Å². The lowest BCUT2D eigenvalue weighted by Gasteiger charge is -1.96. The van der Waals surface area contributed by atoms with Crippen molar-refractivity contribution in [2.75, 3.05) is 0 Å². The Kier molecular flexibility index (Phi) is 4.69. The van der Waals surface area contributed by atoms with Crippen LogP contribution in [0, 0.1) is 0 Å². The van der Waals surface area contributed by atoms with Crippen molar-refractivity contribution in [1.82, 2.24) is 0 Å². The van der Waals surface area contributed by atoms with Gasteiger partial charge in [0.25, 0.3) is 21.0 Å². The van der Waals surface area contributed by atoms with E-state index in [4.69, 9.17) is 46.4 Å². The van der Waals surface area contributed by atoms with Crippen molar-refractivity contribution >= 4 is 78.7 Å². The Hall–Kier alpha value is -0.460. The molecular formula is C8Cl4O4S. The van der Waals surface area contributed by atoms with Gasteiger partial charge in [-0.15, -0.1) is 11.3 Å². The highest BCUT2D eigenvalue weighted by Crippen LogP contribution is 2.33. The standard InChI is InChI=1S/C8Cl4O4S/c9-5(13)1-2(6(10)14)4(8(12)16)17-3(1)7(11)15. The van der Waals surface area contributed by atoms with E-state index in [9.17, 15) is 19.2 Å². The minimum Gasteiger partial charge on any atom is -0.276 e. The van der Waals surface area contributed by atoms with E-state index < -0.39 is 32.1 Å². The highest BCUT2D eigenvalue weighted by molar-refractivity contribution is 7.20. The second-order valence-corrected chi connectivity index (χ2v) is 5.00. The van der Waals surface area contributed by atoms with Crippen molar-refractivity contribution < 1.29 is 19.2 Å². The van der Waals surface area contributed by atoms with E-state index >= 15 is 0 Å². The van der Waals surface area contributed by atoms with Crippen LogP contribution < -0.4 is 0 Å². The molecule has 1 aromatic heterocycles. The van der Waals surface area contributed by atoms with Crippen molar-refractivity contribution in [2.24, 2.45) is 0 Å². The van der Waals surface area contributed by atoms with Crippen LogP contribution in [0.4, 0.5) is 0 Å². The number of rotatable bonds is 4. The van der Waals surface area contributed by atoms with Gasteiger partial charge in [0.05, 0.1) is 11.1 Å². The maximum absolute atomic E-state index is 11.1. The van der Waals surface area contributed by atoms with E-state index in [0.29, 0.717) is 11.3 Å². The van der Waals surface area contributed by atoms with E-state index in [-0.39, 0.29) is 9.75 Å². The average Bonchev–Trinajstić information content (AvgIpc) is 2.56. The third kappa shape index (κ3) is 2.86. The summed E-state index contributed by atoms with van der Waals surface area (Å²) in [6, 6.07) is 0. The molecule has 1 heterocycles. The molecule has 0 aromatic carbocycles. The fourth-order valence-corrected chi connectivity index (χ4v) is 2.95. The van der Waals surface area contributed by atoms with E-state index in [2.05, 4.69) is 0 Å². The predicted octanol–water partition coefficient (Wildman–Crippen LogP) is 3.26. The Bertz CT molecular complexity index is 501. The molecule has 1 rings (SSSR count). The zero-order chi connectivity index (χ0) is 13.3. The zero-order valence-corrected chi connectivity index (χ0v) is 11.4. The van der Waals surface area contributed by atoms with Gasteiger partial charge in [0, 0.05) is 0 Å². The highest BCUT2D eigenvalue weighted by Gasteiger charge is 2.31. The first-order chi connectivity index (χ1) is 7.77. The largest absolute Gasteiger partial charge is 0.276 e. The minimum absolute atomic E-state index is 0.348. The van der Waals surface area contributed by atoms with Crippen LogP contribution in [0.2, 0.25) is 0 Å². The second kappa shape index (κ2) is 5.46. The van der Waals surface area contributed by atoms with Gasteiger partial charge in [-0.1, -0.05) is 0 Å². The molecule has 0 aliphatic carbocycles. The average molecular weight is 334 g/mol. The summed E-state index contributed by atoms with van der Waals surface area (Å²) in [6.07, 6.45) is 0. The molecular weight excluding hydrogens is 334 g/mol. The molecule has 17 heavy (non-hydrogen) atoms. The summed E-state index contributed by atoms with van der Waals surface area (Å²) in [7, 11) is 0. The van der Waals surface area contributed by atoms with Crippen LogP contribution in [0.3, 0.4) is 0 Å². The first-order valence-electron chi connectivity index (χ1n) is 3.73. The molecule has 0 aliphatic rings. The smallest absolute Gasteiger partial charge is 0.263 e. The van der Waals surface area contributed by atoms with Crippen LogP contribution >= 0.6 is 57.7 Å². The lowest BCUT2D eigenvalue weighted by Crippen LogP contribution is -2.04. The Labute approximate surface area is 118 Å². The number of halogens is 4. The number of carbonyl (C=O) groups excluding carboxylic acids is 4. The summed E-state index contributed by atoms with van der Waals surface area (Å²) >= 11 is 21.3. The summed E-state index contributed by atoms with van der Waals surface area (Å²) in [5, 5.41) is -4.33. The molecule has 0 aliphatic heterocycles. The Morgan fingerprint density at radius 1 is 0.647 bits per heavy atom. The molecule has 0 radical (unpaired) electrons. The number of hydrogen-bond acceptors (Lipinski definition) is 5. The van der Waals surface area contributed by atoms with Crippen LogP contribution in [-0.4, -0.2) is 21.0 Å². The third-order valence-electron chi connectivity index (χ3n) is 1.66. The van der Waals surface area contributed by atoms with Crippen molar-refractivity contribution in [3.8, 4) is 0 Å². The monoisotopic (exact) mass is 332 g/mol. The summed E-state index contributed by atoms with van der Waals surface area (Å²) in [6.45, 7) is 0. The normalized spacial score (nSPS) is 10.1. The van der Waals surface area contributed by atoms with Crippen molar-refractivity contribution in [3.05, 3.63) is 20.9 Å². The van der Waals surface area contributed by atoms with Crippen molar-refractivity contribution in [3.63, 3.8) is 0 Å². The molecule has 90 valence electrons. The molecule has 0 spiro atoms. The molecule has 1 aromatic rings. The molecule has 0 fully saturated rings.